The number of aliphatic hydroxyl groups excluding tert-OH is 1. The van der Waals surface area contributed by atoms with E-state index in [1.54, 1.807) is 4.90 Å². The maximum atomic E-state index is 12.2. The van der Waals surface area contributed by atoms with Crippen LogP contribution in [0.3, 0.4) is 0 Å². The van der Waals surface area contributed by atoms with Gasteiger partial charge in [-0.25, -0.2) is 4.79 Å². The number of ether oxygens (including phenoxy) is 4. The van der Waals surface area contributed by atoms with Crippen molar-refractivity contribution in [2.75, 3.05) is 33.0 Å². The Balaban J connectivity index is 2.45. The quantitative estimate of drug-likeness (QED) is 0.773. The van der Waals surface area contributed by atoms with Crippen molar-refractivity contribution in [2.45, 2.75) is 65.1 Å². The fraction of sp³-hybridized carbons (Fsp3) is 0.938. The number of morpholine rings is 1. The van der Waals surface area contributed by atoms with Crippen LogP contribution in [0.1, 0.15) is 41.5 Å². The van der Waals surface area contributed by atoms with Crippen LogP contribution in [0.4, 0.5) is 4.79 Å². The highest BCUT2D eigenvalue weighted by Gasteiger charge is 2.31. The van der Waals surface area contributed by atoms with Crippen LogP contribution in [-0.2, 0) is 18.9 Å². The Labute approximate surface area is 138 Å². The normalized spacial score (nSPS) is 21.2. The average Bonchev–Trinajstić information content (AvgIpc) is 2.35. The molecule has 0 aromatic rings. The molecule has 0 aliphatic carbocycles. The summed E-state index contributed by atoms with van der Waals surface area (Å²) in [7, 11) is 0. The van der Waals surface area contributed by atoms with E-state index in [4.69, 9.17) is 18.9 Å². The van der Waals surface area contributed by atoms with Gasteiger partial charge < -0.3 is 24.1 Å². The summed E-state index contributed by atoms with van der Waals surface area (Å²) < 4.78 is 21.7. The van der Waals surface area contributed by atoms with E-state index in [1.807, 2.05) is 41.5 Å². The Hall–Kier alpha value is -0.890. The zero-order valence-electron chi connectivity index (χ0n) is 15.1. The van der Waals surface area contributed by atoms with Gasteiger partial charge in [0, 0.05) is 6.54 Å². The summed E-state index contributed by atoms with van der Waals surface area (Å²) in [4.78, 5) is 13.8. The third-order valence-electron chi connectivity index (χ3n) is 2.92. The number of hydrogen-bond acceptors (Lipinski definition) is 6. The molecule has 0 aromatic carbocycles. The Morgan fingerprint density at radius 2 is 1.91 bits per heavy atom. The van der Waals surface area contributed by atoms with Gasteiger partial charge in [-0.2, -0.15) is 0 Å². The van der Waals surface area contributed by atoms with Gasteiger partial charge in [0.15, 0.2) is 6.29 Å². The van der Waals surface area contributed by atoms with E-state index in [9.17, 15) is 9.90 Å². The van der Waals surface area contributed by atoms with Crippen LogP contribution in [0.5, 0.6) is 0 Å². The van der Waals surface area contributed by atoms with Crippen LogP contribution in [-0.4, -0.2) is 72.6 Å². The Morgan fingerprint density at radius 1 is 1.26 bits per heavy atom. The van der Waals surface area contributed by atoms with E-state index in [0.717, 1.165) is 0 Å². The van der Waals surface area contributed by atoms with Crippen LogP contribution in [0.25, 0.3) is 0 Å². The number of carbonyl (C=O) groups excluding carboxylic acids is 1. The second-order valence-corrected chi connectivity index (χ2v) is 7.62. The number of rotatable bonds is 5. The van der Waals surface area contributed by atoms with Gasteiger partial charge in [0.25, 0.3) is 0 Å². The van der Waals surface area contributed by atoms with Gasteiger partial charge >= 0.3 is 6.09 Å². The fourth-order valence-electron chi connectivity index (χ4n) is 2.10. The molecule has 7 heteroatoms. The van der Waals surface area contributed by atoms with Gasteiger partial charge in [0.1, 0.15) is 5.60 Å². The van der Waals surface area contributed by atoms with E-state index in [0.29, 0.717) is 19.8 Å². The first-order valence-electron chi connectivity index (χ1n) is 7.99. The first kappa shape index (κ1) is 20.2. The third kappa shape index (κ3) is 8.50. The standard InChI is InChI=1S/C16H31NO6/c1-15(2,3)22-13(18)11-21-10-12-9-20-8-7-17(12)14(19)23-16(4,5)6/h12-13,18H,7-11H2,1-6H3. The third-order valence-corrected chi connectivity index (χ3v) is 2.92. The van der Waals surface area contributed by atoms with Crippen LogP contribution >= 0.6 is 0 Å². The van der Waals surface area contributed by atoms with Gasteiger partial charge in [-0.15, -0.1) is 0 Å². The van der Waals surface area contributed by atoms with E-state index < -0.39 is 17.5 Å². The molecule has 136 valence electrons. The van der Waals surface area contributed by atoms with Crippen LogP contribution in [0.15, 0.2) is 0 Å². The van der Waals surface area contributed by atoms with Gasteiger partial charge in [0.05, 0.1) is 38.1 Å². The van der Waals surface area contributed by atoms with Crippen molar-refractivity contribution in [3.63, 3.8) is 0 Å². The zero-order valence-corrected chi connectivity index (χ0v) is 15.1. The molecule has 0 bridgehead atoms. The van der Waals surface area contributed by atoms with E-state index in [1.165, 1.54) is 0 Å². The minimum absolute atomic E-state index is 0.0376. The molecule has 1 N–H and O–H groups in total. The average molecular weight is 333 g/mol. The largest absolute Gasteiger partial charge is 0.444 e. The molecule has 0 saturated carbocycles. The van der Waals surface area contributed by atoms with Crippen LogP contribution in [0.2, 0.25) is 0 Å². The van der Waals surface area contributed by atoms with Crippen molar-refractivity contribution in [3.8, 4) is 0 Å². The monoisotopic (exact) mass is 333 g/mol. The molecule has 1 rings (SSSR count). The van der Waals surface area contributed by atoms with Gasteiger partial charge in [-0.1, -0.05) is 0 Å². The summed E-state index contributed by atoms with van der Waals surface area (Å²) in [6.07, 6.45) is -1.38. The molecule has 2 unspecified atom stereocenters. The minimum Gasteiger partial charge on any atom is -0.444 e. The summed E-state index contributed by atoms with van der Waals surface area (Å²) in [5, 5.41) is 9.76. The lowest BCUT2D eigenvalue weighted by molar-refractivity contribution is -0.193. The smallest absolute Gasteiger partial charge is 0.410 e. The van der Waals surface area contributed by atoms with Crippen LogP contribution < -0.4 is 0 Å². The lowest BCUT2D eigenvalue weighted by Gasteiger charge is -2.36. The van der Waals surface area contributed by atoms with Crippen LogP contribution in [0, 0.1) is 0 Å². The summed E-state index contributed by atoms with van der Waals surface area (Å²) in [5.74, 6) is 0. The van der Waals surface area contributed by atoms with Crippen molar-refractivity contribution in [1.82, 2.24) is 4.90 Å². The topological polar surface area (TPSA) is 77.5 Å². The molecular formula is C16H31NO6. The summed E-state index contributed by atoms with van der Waals surface area (Å²) >= 11 is 0. The molecule has 1 heterocycles. The summed E-state index contributed by atoms with van der Waals surface area (Å²) in [5.41, 5.74) is -0.989. The Bertz CT molecular complexity index is 374. The van der Waals surface area contributed by atoms with Crippen molar-refractivity contribution in [3.05, 3.63) is 0 Å². The molecule has 1 aliphatic rings. The fourth-order valence-corrected chi connectivity index (χ4v) is 2.10. The molecule has 1 fully saturated rings. The molecule has 23 heavy (non-hydrogen) atoms. The van der Waals surface area contributed by atoms with Gasteiger partial charge in [-0.05, 0) is 41.5 Å². The maximum absolute atomic E-state index is 12.2. The van der Waals surface area contributed by atoms with E-state index in [-0.39, 0.29) is 25.3 Å². The minimum atomic E-state index is -1.01. The van der Waals surface area contributed by atoms with Gasteiger partial charge in [-0.3, -0.25) is 4.90 Å². The molecule has 1 aliphatic heterocycles. The molecule has 7 nitrogen and oxygen atoms in total. The lowest BCUT2D eigenvalue weighted by Crippen LogP contribution is -2.52. The van der Waals surface area contributed by atoms with Crippen molar-refractivity contribution >= 4 is 6.09 Å². The highest BCUT2D eigenvalue weighted by Crippen LogP contribution is 2.15. The molecule has 0 spiro atoms. The highest BCUT2D eigenvalue weighted by atomic mass is 16.6. The lowest BCUT2D eigenvalue weighted by atomic mass is 10.2. The van der Waals surface area contributed by atoms with Crippen molar-refractivity contribution < 1.29 is 28.8 Å². The second kappa shape index (κ2) is 8.28. The number of nitrogens with zero attached hydrogens (tertiary/aromatic N) is 1. The first-order chi connectivity index (χ1) is 10.5. The van der Waals surface area contributed by atoms with E-state index in [2.05, 4.69) is 0 Å². The number of hydrogen-bond donors (Lipinski definition) is 1. The molecular weight excluding hydrogens is 302 g/mol. The molecule has 1 saturated heterocycles. The predicted molar refractivity (Wildman–Crippen MR) is 85.2 cm³/mol. The van der Waals surface area contributed by atoms with Crippen molar-refractivity contribution in [2.24, 2.45) is 0 Å². The molecule has 0 radical (unpaired) electrons. The number of carbonyl (C=O) groups is 1. The number of amides is 1. The Morgan fingerprint density at radius 3 is 2.48 bits per heavy atom. The van der Waals surface area contributed by atoms with Crippen molar-refractivity contribution in [1.29, 1.82) is 0 Å². The van der Waals surface area contributed by atoms with E-state index >= 15 is 0 Å². The highest BCUT2D eigenvalue weighted by molar-refractivity contribution is 5.68. The summed E-state index contributed by atoms with van der Waals surface area (Å²) in [6.45, 7) is 12.7. The van der Waals surface area contributed by atoms with Gasteiger partial charge in [0.2, 0.25) is 0 Å². The predicted octanol–water partition coefficient (Wildman–Crippen LogP) is 1.77. The number of aliphatic hydroxyl groups is 1. The first-order valence-corrected chi connectivity index (χ1v) is 7.99. The maximum Gasteiger partial charge on any atom is 0.410 e. The SMILES string of the molecule is CC(C)(C)OC(=O)N1CCOCC1COCC(O)OC(C)(C)C. The molecule has 1 amide bonds. The molecule has 2 atom stereocenters. The zero-order chi connectivity index (χ0) is 17.7. The molecule has 0 aromatic heterocycles. The summed E-state index contributed by atoms with van der Waals surface area (Å²) in [6, 6.07) is -0.236. The Kier molecular flexibility index (Phi) is 7.26. The second-order valence-electron chi connectivity index (χ2n) is 7.62.